The molecule has 35 heavy (non-hydrogen) atoms. The molecule has 0 spiro atoms. The van der Waals surface area contributed by atoms with Crippen LogP contribution in [-0.2, 0) is 16.0 Å². The lowest BCUT2D eigenvalue weighted by molar-refractivity contribution is -0.120. The highest BCUT2D eigenvalue weighted by Crippen LogP contribution is 2.36. The van der Waals surface area contributed by atoms with Crippen LogP contribution >= 0.6 is 11.3 Å². The summed E-state index contributed by atoms with van der Waals surface area (Å²) in [5, 5.41) is 10.8. The normalized spacial score (nSPS) is 17.9. The largest absolute Gasteiger partial charge is 0.381 e. The molecular formula is C27H33FN4O2S. The Bertz CT molecular complexity index is 1110. The van der Waals surface area contributed by atoms with E-state index in [4.69, 9.17) is 14.8 Å². The Morgan fingerprint density at radius 3 is 2.57 bits per heavy atom. The molecule has 1 saturated carbocycles. The van der Waals surface area contributed by atoms with Crippen LogP contribution in [0.3, 0.4) is 0 Å². The second-order valence-corrected chi connectivity index (χ2v) is 10.6. The van der Waals surface area contributed by atoms with Crippen molar-refractivity contribution in [2.45, 2.75) is 63.8 Å². The number of ether oxygens (including phenoxy) is 1. The summed E-state index contributed by atoms with van der Waals surface area (Å²) in [6.45, 7) is 2.25. The fraction of sp³-hybridized carbons (Fsp3) is 0.519. The van der Waals surface area contributed by atoms with Gasteiger partial charge in [-0.2, -0.15) is 5.10 Å². The smallest absolute Gasteiger partial charge is 0.226 e. The predicted octanol–water partition coefficient (Wildman–Crippen LogP) is 5.79. The SMILES string of the molecule is O=C(Cc1csc(-c2cn(C3CCCCCC3)nc2-c2ccc(F)cc2)n1)NCC1CCOCC1. The molecule has 1 aromatic carbocycles. The Balaban J connectivity index is 1.34. The number of thiazole rings is 1. The minimum Gasteiger partial charge on any atom is -0.381 e. The Hall–Kier alpha value is -2.58. The van der Waals surface area contributed by atoms with Gasteiger partial charge in [0.25, 0.3) is 0 Å². The van der Waals surface area contributed by atoms with Gasteiger partial charge in [0.05, 0.1) is 23.7 Å². The maximum absolute atomic E-state index is 13.6. The monoisotopic (exact) mass is 496 g/mol. The highest BCUT2D eigenvalue weighted by Gasteiger charge is 2.22. The molecule has 1 aliphatic carbocycles. The molecule has 8 heteroatoms. The van der Waals surface area contributed by atoms with Crippen LogP contribution in [0, 0.1) is 11.7 Å². The molecule has 2 fully saturated rings. The first kappa shape index (κ1) is 24.1. The summed E-state index contributed by atoms with van der Waals surface area (Å²) in [5.74, 6) is 0.231. The quantitative estimate of drug-likeness (QED) is 0.420. The zero-order valence-electron chi connectivity index (χ0n) is 20.0. The first-order valence-electron chi connectivity index (χ1n) is 12.8. The second-order valence-electron chi connectivity index (χ2n) is 9.70. The average molecular weight is 497 g/mol. The number of nitrogens with one attached hydrogen (secondary N) is 1. The lowest BCUT2D eigenvalue weighted by Gasteiger charge is -2.22. The van der Waals surface area contributed by atoms with Gasteiger partial charge in [0.2, 0.25) is 5.91 Å². The number of rotatable bonds is 7. The molecule has 1 N–H and O–H groups in total. The molecule has 6 nitrogen and oxygen atoms in total. The number of aromatic nitrogens is 3. The van der Waals surface area contributed by atoms with Crippen molar-refractivity contribution in [2.24, 2.45) is 5.92 Å². The van der Waals surface area contributed by atoms with E-state index in [2.05, 4.69) is 16.2 Å². The van der Waals surface area contributed by atoms with Crippen LogP contribution in [0.4, 0.5) is 4.39 Å². The van der Waals surface area contributed by atoms with E-state index in [0.717, 1.165) is 66.4 Å². The zero-order valence-corrected chi connectivity index (χ0v) is 20.9. The third-order valence-corrected chi connectivity index (χ3v) is 8.03. The maximum atomic E-state index is 13.6. The van der Waals surface area contributed by atoms with Crippen LogP contribution in [0.2, 0.25) is 0 Å². The minimum atomic E-state index is -0.262. The van der Waals surface area contributed by atoms with Gasteiger partial charge in [-0.25, -0.2) is 9.37 Å². The minimum absolute atomic E-state index is 0.00116. The lowest BCUT2D eigenvalue weighted by Crippen LogP contribution is -2.33. The van der Waals surface area contributed by atoms with Crippen molar-refractivity contribution in [3.05, 3.63) is 47.4 Å². The fourth-order valence-electron chi connectivity index (χ4n) is 5.03. The third kappa shape index (κ3) is 6.16. The fourth-order valence-corrected chi connectivity index (χ4v) is 5.86. The number of benzene rings is 1. The van der Waals surface area contributed by atoms with Crippen molar-refractivity contribution < 1.29 is 13.9 Å². The molecule has 5 rings (SSSR count). The molecule has 2 aliphatic rings. The molecule has 3 aromatic rings. The van der Waals surface area contributed by atoms with Crippen LogP contribution in [0.15, 0.2) is 35.8 Å². The van der Waals surface area contributed by atoms with Gasteiger partial charge in [-0.3, -0.25) is 9.48 Å². The van der Waals surface area contributed by atoms with E-state index in [9.17, 15) is 9.18 Å². The summed E-state index contributed by atoms with van der Waals surface area (Å²) in [5.41, 5.74) is 3.40. The number of amides is 1. The molecule has 0 unspecified atom stereocenters. The predicted molar refractivity (Wildman–Crippen MR) is 136 cm³/mol. The van der Waals surface area contributed by atoms with Crippen molar-refractivity contribution in [1.82, 2.24) is 20.1 Å². The summed E-state index contributed by atoms with van der Waals surface area (Å²) in [7, 11) is 0. The molecule has 2 aromatic heterocycles. The Labute approximate surface area is 209 Å². The molecule has 1 aliphatic heterocycles. The molecule has 1 amide bonds. The zero-order chi connectivity index (χ0) is 24.0. The molecule has 0 atom stereocenters. The summed E-state index contributed by atoms with van der Waals surface area (Å²) >= 11 is 1.53. The van der Waals surface area contributed by atoms with Crippen LogP contribution in [0.5, 0.6) is 0 Å². The number of hydrogen-bond acceptors (Lipinski definition) is 5. The summed E-state index contributed by atoms with van der Waals surface area (Å²) in [4.78, 5) is 17.3. The summed E-state index contributed by atoms with van der Waals surface area (Å²) < 4.78 is 21.1. The topological polar surface area (TPSA) is 69.0 Å². The van der Waals surface area contributed by atoms with Gasteiger partial charge in [0.1, 0.15) is 16.5 Å². The molecule has 0 bridgehead atoms. The van der Waals surface area contributed by atoms with Crippen molar-refractivity contribution >= 4 is 17.2 Å². The first-order valence-corrected chi connectivity index (χ1v) is 13.7. The number of halogens is 1. The molecule has 3 heterocycles. The number of nitrogens with zero attached hydrogens (tertiary/aromatic N) is 3. The average Bonchev–Trinajstić information content (AvgIpc) is 3.43. The van der Waals surface area contributed by atoms with Crippen molar-refractivity contribution in [1.29, 1.82) is 0 Å². The highest BCUT2D eigenvalue weighted by atomic mass is 32.1. The summed E-state index contributed by atoms with van der Waals surface area (Å²) in [6, 6.07) is 6.87. The Morgan fingerprint density at radius 1 is 1.09 bits per heavy atom. The summed E-state index contributed by atoms with van der Waals surface area (Å²) in [6.07, 6.45) is 11.6. The van der Waals surface area contributed by atoms with Crippen molar-refractivity contribution in [3.63, 3.8) is 0 Å². The van der Waals surface area contributed by atoms with E-state index in [1.54, 1.807) is 12.1 Å². The van der Waals surface area contributed by atoms with Gasteiger partial charge < -0.3 is 10.1 Å². The van der Waals surface area contributed by atoms with Crippen LogP contribution in [0.1, 0.15) is 63.1 Å². The Morgan fingerprint density at radius 2 is 1.83 bits per heavy atom. The lowest BCUT2D eigenvalue weighted by atomic mass is 10.0. The third-order valence-electron chi connectivity index (χ3n) is 7.10. The van der Waals surface area contributed by atoms with Crippen LogP contribution in [-0.4, -0.2) is 40.4 Å². The van der Waals surface area contributed by atoms with Gasteiger partial charge in [-0.15, -0.1) is 11.3 Å². The molecule has 0 radical (unpaired) electrons. The number of hydrogen-bond donors (Lipinski definition) is 1. The Kier molecular flexibility index (Phi) is 7.88. The van der Waals surface area contributed by atoms with Crippen LogP contribution in [0.25, 0.3) is 21.8 Å². The van der Waals surface area contributed by atoms with E-state index in [1.165, 1.54) is 49.2 Å². The van der Waals surface area contributed by atoms with Crippen molar-refractivity contribution in [3.8, 4) is 21.8 Å². The van der Waals surface area contributed by atoms with E-state index in [0.29, 0.717) is 18.5 Å². The van der Waals surface area contributed by atoms with Crippen molar-refractivity contribution in [2.75, 3.05) is 19.8 Å². The molecule has 186 valence electrons. The maximum Gasteiger partial charge on any atom is 0.226 e. The van der Waals surface area contributed by atoms with Gasteiger partial charge in [0, 0.05) is 36.9 Å². The van der Waals surface area contributed by atoms with E-state index in [-0.39, 0.29) is 18.1 Å². The van der Waals surface area contributed by atoms with Crippen LogP contribution < -0.4 is 5.32 Å². The van der Waals surface area contributed by atoms with Gasteiger partial charge >= 0.3 is 0 Å². The number of carbonyl (C=O) groups excluding carboxylic acids is 1. The van der Waals surface area contributed by atoms with Gasteiger partial charge in [-0.1, -0.05) is 25.7 Å². The van der Waals surface area contributed by atoms with Gasteiger partial charge in [-0.05, 0) is 55.9 Å². The standard InChI is InChI=1S/C27H33FN4O2S/c28-21-9-7-20(8-10-21)26-24(17-32(31-26)23-5-3-1-2-4-6-23)27-30-22(18-35-27)15-25(33)29-16-19-11-13-34-14-12-19/h7-10,17-19,23H,1-6,11-16H2,(H,29,33). The number of carbonyl (C=O) groups is 1. The van der Waals surface area contributed by atoms with E-state index < -0.39 is 0 Å². The first-order chi connectivity index (χ1) is 17.2. The molecule has 1 saturated heterocycles. The van der Waals surface area contributed by atoms with E-state index >= 15 is 0 Å². The highest BCUT2D eigenvalue weighted by molar-refractivity contribution is 7.13. The van der Waals surface area contributed by atoms with Gasteiger partial charge in [0.15, 0.2) is 0 Å². The molecular weight excluding hydrogens is 463 g/mol. The second kappa shape index (κ2) is 11.4. The van der Waals surface area contributed by atoms with E-state index in [1.807, 2.05) is 5.38 Å².